The molecule has 0 saturated heterocycles. The number of aliphatic hydroxyl groups is 1. The molecule has 1 aliphatic carbocycles. The van der Waals surface area contributed by atoms with E-state index in [1.54, 1.807) is 0 Å². The summed E-state index contributed by atoms with van der Waals surface area (Å²) in [4.78, 5) is 11.9. The van der Waals surface area contributed by atoms with E-state index in [0.29, 0.717) is 6.54 Å². The maximum absolute atomic E-state index is 11.9. The number of carboxylic acid groups (broad SMARTS) is 1. The van der Waals surface area contributed by atoms with Crippen LogP contribution in [0.3, 0.4) is 0 Å². The lowest BCUT2D eigenvalue weighted by Gasteiger charge is -2.35. The van der Waals surface area contributed by atoms with E-state index in [-0.39, 0.29) is 30.1 Å². The molecule has 6 nitrogen and oxygen atoms in total. The minimum atomic E-state index is -0.768. The lowest BCUT2D eigenvalue weighted by Crippen LogP contribution is -2.44. The van der Waals surface area contributed by atoms with Crippen molar-refractivity contribution in [2.45, 2.75) is 84.2 Å². The average molecular weight is 420 g/mol. The topological polar surface area (TPSA) is 88.0 Å². The number of rotatable bonds is 9. The number of hydrogen-bond donors (Lipinski definition) is 3. The van der Waals surface area contributed by atoms with Crippen molar-refractivity contribution in [1.29, 1.82) is 0 Å². The van der Waals surface area contributed by atoms with Gasteiger partial charge in [0, 0.05) is 29.5 Å². The van der Waals surface area contributed by atoms with Crippen LogP contribution in [0.1, 0.15) is 76.7 Å². The molecule has 0 spiro atoms. The zero-order valence-corrected chi connectivity index (χ0v) is 19.3. The molecule has 1 heterocycles. The van der Waals surface area contributed by atoms with Crippen molar-refractivity contribution in [2.75, 3.05) is 13.2 Å². The van der Waals surface area contributed by atoms with Gasteiger partial charge in [-0.2, -0.15) is 0 Å². The number of aryl methyl sites for hydroxylation is 1. The first-order valence-electron chi connectivity index (χ1n) is 11.0. The van der Waals surface area contributed by atoms with Crippen LogP contribution in [-0.2, 0) is 9.53 Å². The summed E-state index contributed by atoms with van der Waals surface area (Å²) >= 11 is 0. The van der Waals surface area contributed by atoms with Crippen molar-refractivity contribution in [3.8, 4) is 5.75 Å². The number of aliphatic carboxylic acids is 1. The molecule has 3 rings (SSSR count). The molecule has 1 fully saturated rings. The molecule has 0 aromatic heterocycles. The minimum absolute atomic E-state index is 0.0282. The molecule has 0 radical (unpaired) electrons. The molecule has 2 aliphatic rings. The van der Waals surface area contributed by atoms with E-state index in [1.807, 2.05) is 39.8 Å². The Morgan fingerprint density at radius 1 is 1.37 bits per heavy atom. The molecule has 4 unspecified atom stereocenters. The van der Waals surface area contributed by atoms with E-state index in [9.17, 15) is 15.0 Å². The van der Waals surface area contributed by atoms with Gasteiger partial charge in [-0.3, -0.25) is 4.79 Å². The van der Waals surface area contributed by atoms with E-state index in [1.165, 1.54) is 0 Å². The molecule has 5 atom stereocenters. The highest BCUT2D eigenvalue weighted by atomic mass is 16.5. The Hall–Kier alpha value is -1.63. The van der Waals surface area contributed by atoms with Crippen LogP contribution in [0.4, 0.5) is 0 Å². The van der Waals surface area contributed by atoms with Gasteiger partial charge in [0.2, 0.25) is 0 Å². The molecule has 0 amide bonds. The van der Waals surface area contributed by atoms with Gasteiger partial charge < -0.3 is 25.0 Å². The van der Waals surface area contributed by atoms with E-state index < -0.39 is 23.6 Å². The first-order chi connectivity index (χ1) is 13.9. The average Bonchev–Trinajstić information content (AvgIpc) is 3.43. The van der Waals surface area contributed by atoms with Crippen LogP contribution in [0.5, 0.6) is 5.75 Å². The van der Waals surface area contributed by atoms with Crippen molar-refractivity contribution in [1.82, 2.24) is 5.32 Å². The van der Waals surface area contributed by atoms with E-state index >= 15 is 0 Å². The highest BCUT2D eigenvalue weighted by molar-refractivity contribution is 5.78. The van der Waals surface area contributed by atoms with E-state index in [2.05, 4.69) is 26.1 Å². The Bertz CT molecular complexity index is 803. The molecule has 1 aromatic rings. The van der Waals surface area contributed by atoms with Gasteiger partial charge in [-0.15, -0.1) is 0 Å². The SMILES string of the molecule is CCC(C)(C)NC[C@@H](O)COC(C)c1ccc(C)c2c1C1C(C(=O)O)C1C(C)(C)O2. The van der Waals surface area contributed by atoms with Crippen molar-refractivity contribution < 1.29 is 24.5 Å². The van der Waals surface area contributed by atoms with E-state index in [4.69, 9.17) is 9.47 Å². The number of ether oxygens (including phenoxy) is 2. The minimum Gasteiger partial charge on any atom is -0.487 e. The van der Waals surface area contributed by atoms with Gasteiger partial charge in [-0.05, 0) is 59.1 Å². The van der Waals surface area contributed by atoms with Crippen LogP contribution in [-0.4, -0.2) is 46.6 Å². The largest absolute Gasteiger partial charge is 0.487 e. The zero-order valence-electron chi connectivity index (χ0n) is 19.3. The zero-order chi connectivity index (χ0) is 22.4. The number of hydrogen-bond acceptors (Lipinski definition) is 5. The van der Waals surface area contributed by atoms with Gasteiger partial charge >= 0.3 is 5.97 Å². The summed E-state index contributed by atoms with van der Waals surface area (Å²) in [6.45, 7) is 14.9. The summed E-state index contributed by atoms with van der Waals surface area (Å²) in [5, 5.41) is 23.4. The lowest BCUT2D eigenvalue weighted by atomic mass is 9.88. The Morgan fingerprint density at radius 2 is 2.03 bits per heavy atom. The Balaban J connectivity index is 1.76. The van der Waals surface area contributed by atoms with Crippen LogP contribution in [0.15, 0.2) is 12.1 Å². The van der Waals surface area contributed by atoms with Gasteiger partial charge in [0.15, 0.2) is 0 Å². The number of carbonyl (C=O) groups is 1. The summed E-state index contributed by atoms with van der Waals surface area (Å²) < 4.78 is 12.3. The maximum Gasteiger partial charge on any atom is 0.307 e. The van der Waals surface area contributed by atoms with Crippen molar-refractivity contribution in [3.63, 3.8) is 0 Å². The van der Waals surface area contributed by atoms with Gasteiger partial charge in [0.05, 0.1) is 24.7 Å². The third-order valence-corrected chi connectivity index (χ3v) is 6.91. The molecule has 0 bridgehead atoms. The number of carboxylic acids is 1. The number of nitrogens with one attached hydrogen (secondary N) is 1. The third kappa shape index (κ3) is 4.36. The number of aliphatic hydroxyl groups excluding tert-OH is 1. The third-order valence-electron chi connectivity index (χ3n) is 6.91. The summed E-state index contributed by atoms with van der Waals surface area (Å²) in [6.07, 6.45) is 0.0831. The Labute approximate surface area is 180 Å². The smallest absolute Gasteiger partial charge is 0.307 e. The quantitative estimate of drug-likeness (QED) is 0.564. The fourth-order valence-corrected chi connectivity index (χ4v) is 4.65. The van der Waals surface area contributed by atoms with E-state index in [0.717, 1.165) is 28.9 Å². The second-order valence-corrected chi connectivity index (χ2v) is 10.1. The molecular weight excluding hydrogens is 382 g/mol. The van der Waals surface area contributed by atoms with Crippen LogP contribution in [0, 0.1) is 18.8 Å². The molecular formula is C24H37NO5. The summed E-state index contributed by atoms with van der Waals surface area (Å²) in [6, 6.07) is 4.02. The number of benzene rings is 1. The van der Waals surface area contributed by atoms with Gasteiger partial charge in [-0.25, -0.2) is 0 Å². The molecule has 1 saturated carbocycles. The molecule has 6 heteroatoms. The Kier molecular flexibility index (Phi) is 6.25. The van der Waals surface area contributed by atoms with Gasteiger partial charge in [-0.1, -0.05) is 19.1 Å². The monoisotopic (exact) mass is 419 g/mol. The standard InChI is InChI=1S/C24H37NO5/c1-8-23(4,5)25-11-15(26)12-29-14(3)16-10-9-13(2)21-17(16)18-19(22(27)28)20(18)24(6,7)30-21/h9-10,14-15,18-20,25-26H,8,11-12H2,1-7H3,(H,27,28)/t14?,15-,18?,19?,20?/m1/s1. The van der Waals surface area contributed by atoms with Crippen LogP contribution < -0.4 is 10.1 Å². The van der Waals surface area contributed by atoms with Crippen molar-refractivity contribution >= 4 is 5.97 Å². The summed E-state index contributed by atoms with van der Waals surface area (Å²) in [5.41, 5.74) is 2.40. The molecule has 3 N–H and O–H groups in total. The van der Waals surface area contributed by atoms with Crippen molar-refractivity contribution in [3.05, 3.63) is 28.8 Å². The number of β-amino-alcohol motifs (C(OH)–C–C–N with tert-alkyl or cyclic N) is 1. The Morgan fingerprint density at radius 3 is 2.63 bits per heavy atom. The first-order valence-corrected chi connectivity index (χ1v) is 11.0. The normalized spacial score (nSPS) is 26.2. The fraction of sp³-hybridized carbons (Fsp3) is 0.708. The molecule has 1 aromatic carbocycles. The summed E-state index contributed by atoms with van der Waals surface area (Å²) in [5.74, 6) is -0.499. The fourth-order valence-electron chi connectivity index (χ4n) is 4.65. The lowest BCUT2D eigenvalue weighted by molar-refractivity contribution is -0.139. The second kappa shape index (κ2) is 8.13. The predicted octanol–water partition coefficient (Wildman–Crippen LogP) is 3.80. The highest BCUT2D eigenvalue weighted by Crippen LogP contribution is 2.66. The second-order valence-electron chi connectivity index (χ2n) is 10.1. The first kappa shape index (κ1) is 23.0. The maximum atomic E-state index is 11.9. The molecule has 30 heavy (non-hydrogen) atoms. The van der Waals surface area contributed by atoms with Gasteiger partial charge in [0.25, 0.3) is 0 Å². The van der Waals surface area contributed by atoms with Crippen LogP contribution in [0.25, 0.3) is 0 Å². The van der Waals surface area contributed by atoms with Gasteiger partial charge in [0.1, 0.15) is 11.4 Å². The van der Waals surface area contributed by atoms with Crippen molar-refractivity contribution in [2.24, 2.45) is 11.8 Å². The number of fused-ring (bicyclic) bond motifs is 3. The predicted molar refractivity (Wildman–Crippen MR) is 116 cm³/mol. The molecule has 1 aliphatic heterocycles. The highest BCUT2D eigenvalue weighted by Gasteiger charge is 2.67. The van der Waals surface area contributed by atoms with Crippen LogP contribution in [0.2, 0.25) is 0 Å². The van der Waals surface area contributed by atoms with Crippen LogP contribution >= 0.6 is 0 Å². The molecule has 168 valence electrons. The summed E-state index contributed by atoms with van der Waals surface area (Å²) in [7, 11) is 0.